The molecule has 1 aromatic carbocycles. The van der Waals surface area contributed by atoms with E-state index in [1.54, 1.807) is 18.0 Å². The molecule has 0 spiro atoms. The van der Waals surface area contributed by atoms with Gasteiger partial charge in [-0.15, -0.1) is 5.10 Å². The fourth-order valence-electron chi connectivity index (χ4n) is 5.21. The van der Waals surface area contributed by atoms with Crippen LogP contribution in [0.1, 0.15) is 38.6 Å². The summed E-state index contributed by atoms with van der Waals surface area (Å²) in [7, 11) is 1.59. The number of methoxy groups -OCH3 is 1. The molecule has 10 heteroatoms. The molecule has 8 nitrogen and oxygen atoms in total. The molecule has 0 amide bonds. The maximum Gasteiger partial charge on any atom is 0.320 e. The average Bonchev–Trinajstić information content (AvgIpc) is 3.32. The lowest BCUT2D eigenvalue weighted by Gasteiger charge is -2.38. The van der Waals surface area contributed by atoms with E-state index < -0.39 is 11.6 Å². The van der Waals surface area contributed by atoms with E-state index in [1.165, 1.54) is 12.1 Å². The maximum absolute atomic E-state index is 14.2. The average molecular weight is 471 g/mol. The van der Waals surface area contributed by atoms with Crippen LogP contribution in [0, 0.1) is 29.4 Å². The van der Waals surface area contributed by atoms with Gasteiger partial charge in [-0.3, -0.25) is 0 Å². The van der Waals surface area contributed by atoms with Crippen molar-refractivity contribution in [2.75, 3.05) is 25.1 Å². The van der Waals surface area contributed by atoms with E-state index in [9.17, 15) is 8.78 Å². The van der Waals surface area contributed by atoms with Crippen LogP contribution < -0.4 is 14.4 Å². The van der Waals surface area contributed by atoms with Gasteiger partial charge in [-0.25, -0.2) is 9.07 Å². The molecule has 0 radical (unpaired) electrons. The first-order valence-electron chi connectivity index (χ1n) is 11.6. The molecule has 3 atom stereocenters. The Morgan fingerprint density at radius 3 is 2.62 bits per heavy atom. The Hall–Kier alpha value is -3.30. The first kappa shape index (κ1) is 22.5. The lowest BCUT2D eigenvalue weighted by Crippen LogP contribution is -2.42. The number of nitrogens with zero attached hydrogens (tertiary/aromatic N) is 6. The molecule has 2 aromatic heterocycles. The summed E-state index contributed by atoms with van der Waals surface area (Å²) >= 11 is 0. The van der Waals surface area contributed by atoms with E-state index in [-0.39, 0.29) is 17.8 Å². The Morgan fingerprint density at radius 1 is 1.15 bits per heavy atom. The van der Waals surface area contributed by atoms with E-state index in [4.69, 9.17) is 9.47 Å². The number of halogens is 2. The number of ether oxygens (including phenoxy) is 2. The summed E-state index contributed by atoms with van der Waals surface area (Å²) in [5.41, 5.74) is 1.03. The Morgan fingerprint density at radius 2 is 1.91 bits per heavy atom. The van der Waals surface area contributed by atoms with Crippen LogP contribution in [-0.4, -0.2) is 45.2 Å². The second kappa shape index (κ2) is 9.15. The number of hydrogen-bond donors (Lipinski definition) is 0. The Balaban J connectivity index is 1.33. The lowest BCUT2D eigenvalue weighted by molar-refractivity contribution is 0.265. The first-order valence-corrected chi connectivity index (χ1v) is 11.6. The third kappa shape index (κ3) is 4.28. The summed E-state index contributed by atoms with van der Waals surface area (Å²) in [6, 6.07) is 5.91. The summed E-state index contributed by atoms with van der Waals surface area (Å²) < 4.78 is 40.3. The van der Waals surface area contributed by atoms with Crippen LogP contribution in [0.4, 0.5) is 14.5 Å². The van der Waals surface area contributed by atoms with Gasteiger partial charge >= 0.3 is 6.01 Å². The largest absolute Gasteiger partial charge is 0.480 e. The van der Waals surface area contributed by atoms with Gasteiger partial charge in [-0.2, -0.15) is 19.6 Å². The maximum atomic E-state index is 14.2. The Labute approximate surface area is 196 Å². The molecule has 3 heterocycles. The van der Waals surface area contributed by atoms with Crippen molar-refractivity contribution in [1.82, 2.24) is 25.0 Å². The van der Waals surface area contributed by atoms with Crippen LogP contribution in [0.3, 0.4) is 0 Å². The number of benzene rings is 1. The molecule has 1 saturated heterocycles. The zero-order valence-electron chi connectivity index (χ0n) is 19.5. The van der Waals surface area contributed by atoms with Gasteiger partial charge in [-0.1, -0.05) is 6.07 Å². The highest BCUT2D eigenvalue weighted by Crippen LogP contribution is 2.44. The molecule has 180 valence electrons. The van der Waals surface area contributed by atoms with E-state index in [0.29, 0.717) is 29.5 Å². The number of rotatable bonds is 7. The van der Waals surface area contributed by atoms with Gasteiger partial charge in [-0.05, 0) is 56.6 Å². The van der Waals surface area contributed by atoms with Crippen molar-refractivity contribution in [2.24, 2.45) is 17.8 Å². The molecular weight excluding hydrogens is 442 g/mol. The van der Waals surface area contributed by atoms with E-state index in [2.05, 4.69) is 25.2 Å². The summed E-state index contributed by atoms with van der Waals surface area (Å²) in [6.07, 6.45) is 4.82. The van der Waals surface area contributed by atoms with Crippen LogP contribution >= 0.6 is 0 Å². The van der Waals surface area contributed by atoms with Crippen LogP contribution in [0.25, 0.3) is 0 Å². The zero-order chi connectivity index (χ0) is 23.8. The standard InChI is InChI=1S/C24H28F2N6O2/c1-14(2)32-24(34-20-6-4-5-19(25)23(20)26)28-21(30-32)10-18-15-7-8-16(18)13-31(12-15)17-9-22(33-3)29-27-11-17/h4-6,9,11,14-16,18H,7-8,10,12-13H2,1-3H3/t15-,16+,18?. The van der Waals surface area contributed by atoms with Crippen molar-refractivity contribution < 1.29 is 18.3 Å². The summed E-state index contributed by atoms with van der Waals surface area (Å²) in [5.74, 6) is 0.461. The zero-order valence-corrected chi connectivity index (χ0v) is 19.5. The molecule has 1 saturated carbocycles. The smallest absolute Gasteiger partial charge is 0.320 e. The summed E-state index contributed by atoms with van der Waals surface area (Å²) in [6.45, 7) is 5.76. The monoisotopic (exact) mass is 470 g/mol. The SMILES string of the molecule is COc1cc(N2C[C@H]3CC[C@@H](C2)C3Cc2nc(Oc3cccc(F)c3F)n(C(C)C)n2)cnn1. The van der Waals surface area contributed by atoms with E-state index in [1.807, 2.05) is 19.9 Å². The molecule has 2 bridgehead atoms. The summed E-state index contributed by atoms with van der Waals surface area (Å²) in [5, 5.41) is 12.7. The molecule has 5 rings (SSSR count). The molecule has 1 aliphatic heterocycles. The quantitative estimate of drug-likeness (QED) is 0.505. The van der Waals surface area contributed by atoms with E-state index in [0.717, 1.165) is 44.1 Å². The fourth-order valence-corrected chi connectivity index (χ4v) is 5.21. The van der Waals surface area contributed by atoms with Crippen molar-refractivity contribution in [3.8, 4) is 17.6 Å². The molecule has 0 N–H and O–H groups in total. The van der Waals surface area contributed by atoms with Gasteiger partial charge in [0.15, 0.2) is 17.4 Å². The predicted octanol–water partition coefficient (Wildman–Crippen LogP) is 4.43. The minimum absolute atomic E-state index is 0.0411. The highest BCUT2D eigenvalue weighted by atomic mass is 19.2. The Kier molecular flexibility index (Phi) is 6.05. The highest BCUT2D eigenvalue weighted by Gasteiger charge is 2.42. The normalized spacial score (nSPS) is 21.8. The van der Waals surface area contributed by atoms with Gasteiger partial charge in [0.05, 0.1) is 25.0 Å². The van der Waals surface area contributed by atoms with Gasteiger partial charge in [0, 0.05) is 25.6 Å². The van der Waals surface area contributed by atoms with Crippen molar-refractivity contribution in [2.45, 2.75) is 39.2 Å². The molecule has 1 unspecified atom stereocenters. The van der Waals surface area contributed by atoms with Crippen LogP contribution in [0.2, 0.25) is 0 Å². The van der Waals surface area contributed by atoms with Crippen molar-refractivity contribution >= 4 is 5.69 Å². The molecular formula is C24H28F2N6O2. The van der Waals surface area contributed by atoms with Crippen molar-refractivity contribution in [1.29, 1.82) is 0 Å². The van der Waals surface area contributed by atoms with Crippen LogP contribution in [0.15, 0.2) is 30.5 Å². The minimum atomic E-state index is -1.03. The second-order valence-electron chi connectivity index (χ2n) is 9.33. The predicted molar refractivity (Wildman–Crippen MR) is 121 cm³/mol. The third-order valence-corrected chi connectivity index (χ3v) is 6.89. The third-order valence-electron chi connectivity index (χ3n) is 6.89. The first-order chi connectivity index (χ1) is 16.4. The van der Waals surface area contributed by atoms with Crippen LogP contribution in [0.5, 0.6) is 17.6 Å². The number of fused-ring (bicyclic) bond motifs is 2. The molecule has 2 aliphatic rings. The minimum Gasteiger partial charge on any atom is -0.480 e. The Bertz CT molecular complexity index is 1160. The molecule has 1 aliphatic carbocycles. The van der Waals surface area contributed by atoms with Crippen LogP contribution in [-0.2, 0) is 6.42 Å². The highest BCUT2D eigenvalue weighted by molar-refractivity contribution is 5.47. The molecule has 2 fully saturated rings. The topological polar surface area (TPSA) is 78.2 Å². The number of hydrogen-bond acceptors (Lipinski definition) is 7. The number of anilines is 1. The van der Waals surface area contributed by atoms with Crippen molar-refractivity contribution in [3.05, 3.63) is 47.9 Å². The van der Waals surface area contributed by atoms with Crippen molar-refractivity contribution in [3.63, 3.8) is 0 Å². The number of piperidine rings is 1. The van der Waals surface area contributed by atoms with Gasteiger partial charge in [0.2, 0.25) is 11.7 Å². The van der Waals surface area contributed by atoms with Gasteiger partial charge in [0.25, 0.3) is 0 Å². The van der Waals surface area contributed by atoms with E-state index >= 15 is 0 Å². The molecule has 3 aromatic rings. The van der Waals surface area contributed by atoms with Gasteiger partial charge < -0.3 is 14.4 Å². The lowest BCUT2D eigenvalue weighted by atomic mass is 9.82. The fraction of sp³-hybridized carbons (Fsp3) is 0.500. The molecule has 34 heavy (non-hydrogen) atoms. The number of aromatic nitrogens is 5. The second-order valence-corrected chi connectivity index (χ2v) is 9.33. The summed E-state index contributed by atoms with van der Waals surface area (Å²) in [4.78, 5) is 6.94. The van der Waals surface area contributed by atoms with Gasteiger partial charge in [0.1, 0.15) is 0 Å².